The van der Waals surface area contributed by atoms with Crippen molar-refractivity contribution in [2.75, 3.05) is 6.61 Å². The molecule has 5 nitrogen and oxygen atoms in total. The lowest BCUT2D eigenvalue weighted by atomic mass is 10.3. The summed E-state index contributed by atoms with van der Waals surface area (Å²) in [6.45, 7) is 1.23. The molecule has 1 aliphatic rings. The summed E-state index contributed by atoms with van der Waals surface area (Å²) in [5, 5.41) is 8.51. The molecular formula is C8H9FN2O3. The molecule has 2 rings (SSSR count). The standard InChI is InChI=1S/C8H9FN2O3/c9-7(8(12)13)5-3-10-6-4-14-2-1-11(5)6/h3,7H,1-2,4H2,(H,12,13). The molecule has 0 fully saturated rings. The van der Waals surface area contributed by atoms with E-state index in [1.54, 1.807) is 4.57 Å². The molecule has 6 heteroatoms. The topological polar surface area (TPSA) is 64.3 Å². The summed E-state index contributed by atoms with van der Waals surface area (Å²) in [6.07, 6.45) is -0.752. The summed E-state index contributed by atoms with van der Waals surface area (Å²) >= 11 is 0. The Balaban J connectivity index is 2.34. The Morgan fingerprint density at radius 2 is 2.57 bits per heavy atom. The van der Waals surface area contributed by atoms with Crippen molar-refractivity contribution in [3.63, 3.8) is 0 Å². The van der Waals surface area contributed by atoms with E-state index in [0.717, 1.165) is 0 Å². The summed E-state index contributed by atoms with van der Waals surface area (Å²) in [6, 6.07) is 0. The van der Waals surface area contributed by atoms with Gasteiger partial charge in [0.25, 0.3) is 0 Å². The quantitative estimate of drug-likeness (QED) is 0.755. The number of alkyl halides is 1. The van der Waals surface area contributed by atoms with E-state index in [1.807, 2.05) is 0 Å². The van der Waals surface area contributed by atoms with Crippen LogP contribution in [0.3, 0.4) is 0 Å². The number of carbonyl (C=O) groups is 1. The smallest absolute Gasteiger partial charge is 0.344 e. The number of hydrogen-bond acceptors (Lipinski definition) is 3. The van der Waals surface area contributed by atoms with E-state index in [9.17, 15) is 9.18 Å². The molecule has 0 aliphatic carbocycles. The predicted molar refractivity (Wildman–Crippen MR) is 43.4 cm³/mol. The summed E-state index contributed by atoms with van der Waals surface area (Å²) in [5.74, 6) is -0.908. The second-order valence-electron chi connectivity index (χ2n) is 3.00. The highest BCUT2D eigenvalue weighted by Gasteiger charge is 2.25. The zero-order valence-corrected chi connectivity index (χ0v) is 7.31. The molecule has 0 saturated heterocycles. The molecule has 76 valence electrons. The third-order valence-corrected chi connectivity index (χ3v) is 2.14. The first kappa shape index (κ1) is 9.14. The molecular weight excluding hydrogens is 191 g/mol. The van der Waals surface area contributed by atoms with Crippen LogP contribution in [0.4, 0.5) is 4.39 Å². The zero-order chi connectivity index (χ0) is 10.1. The Hall–Kier alpha value is -1.43. The molecule has 1 N–H and O–H groups in total. The van der Waals surface area contributed by atoms with Gasteiger partial charge < -0.3 is 14.4 Å². The Labute approximate surface area is 79.1 Å². The molecule has 0 aromatic carbocycles. The molecule has 0 radical (unpaired) electrons. The second kappa shape index (κ2) is 3.38. The van der Waals surface area contributed by atoms with E-state index in [4.69, 9.17) is 9.84 Å². The maximum absolute atomic E-state index is 13.2. The molecule has 1 unspecified atom stereocenters. The largest absolute Gasteiger partial charge is 0.479 e. The minimum Gasteiger partial charge on any atom is -0.479 e. The number of fused-ring (bicyclic) bond motifs is 1. The van der Waals surface area contributed by atoms with Gasteiger partial charge in [-0.3, -0.25) is 0 Å². The highest BCUT2D eigenvalue weighted by Crippen LogP contribution is 2.21. The van der Waals surface area contributed by atoms with Gasteiger partial charge in [-0.15, -0.1) is 0 Å². The van der Waals surface area contributed by atoms with Gasteiger partial charge >= 0.3 is 5.97 Å². The van der Waals surface area contributed by atoms with Crippen molar-refractivity contribution in [3.8, 4) is 0 Å². The fraction of sp³-hybridized carbons (Fsp3) is 0.500. The normalized spacial score (nSPS) is 17.5. The molecule has 2 heterocycles. The number of ether oxygens (including phenoxy) is 1. The molecule has 1 aromatic rings. The summed E-state index contributed by atoms with van der Waals surface area (Å²) in [4.78, 5) is 14.3. The van der Waals surface area contributed by atoms with E-state index in [1.165, 1.54) is 6.20 Å². The van der Waals surface area contributed by atoms with Crippen molar-refractivity contribution >= 4 is 5.97 Å². The lowest BCUT2D eigenvalue weighted by Gasteiger charge is -2.17. The van der Waals surface area contributed by atoms with Gasteiger partial charge in [-0.1, -0.05) is 0 Å². The average Bonchev–Trinajstić information content (AvgIpc) is 2.60. The average molecular weight is 200 g/mol. The van der Waals surface area contributed by atoms with Crippen molar-refractivity contribution in [2.45, 2.75) is 19.3 Å². The van der Waals surface area contributed by atoms with E-state index < -0.39 is 12.1 Å². The van der Waals surface area contributed by atoms with Crippen LogP contribution < -0.4 is 0 Å². The Morgan fingerprint density at radius 3 is 3.29 bits per heavy atom. The number of aromatic nitrogens is 2. The number of carboxylic acid groups (broad SMARTS) is 1. The van der Waals surface area contributed by atoms with E-state index in [2.05, 4.69) is 4.98 Å². The van der Waals surface area contributed by atoms with E-state index in [-0.39, 0.29) is 5.69 Å². The van der Waals surface area contributed by atoms with Crippen molar-refractivity contribution in [1.82, 2.24) is 9.55 Å². The van der Waals surface area contributed by atoms with Gasteiger partial charge in [0.2, 0.25) is 6.17 Å². The van der Waals surface area contributed by atoms with Crippen LogP contribution in [0.1, 0.15) is 17.7 Å². The number of aliphatic carboxylic acids is 1. The molecule has 0 spiro atoms. The highest BCUT2D eigenvalue weighted by molar-refractivity contribution is 5.73. The number of imidazole rings is 1. The monoisotopic (exact) mass is 200 g/mol. The number of carboxylic acids is 1. The van der Waals surface area contributed by atoms with Crippen molar-refractivity contribution in [3.05, 3.63) is 17.7 Å². The van der Waals surface area contributed by atoms with Gasteiger partial charge in [0.1, 0.15) is 12.4 Å². The SMILES string of the molecule is O=C(O)C(F)c1cnc2n1CCOC2. The van der Waals surface area contributed by atoms with E-state index in [0.29, 0.717) is 25.6 Å². The van der Waals surface area contributed by atoms with Gasteiger partial charge in [0.05, 0.1) is 18.5 Å². The molecule has 0 bridgehead atoms. The van der Waals surface area contributed by atoms with Crippen LogP contribution in [-0.2, 0) is 22.7 Å². The van der Waals surface area contributed by atoms with Crippen LogP contribution >= 0.6 is 0 Å². The van der Waals surface area contributed by atoms with Crippen molar-refractivity contribution in [1.29, 1.82) is 0 Å². The van der Waals surface area contributed by atoms with Gasteiger partial charge in [-0.25, -0.2) is 14.2 Å². The predicted octanol–water partition coefficient (Wildman–Crippen LogP) is 0.508. The summed E-state index contributed by atoms with van der Waals surface area (Å²) in [5.41, 5.74) is 0.0933. The van der Waals surface area contributed by atoms with Crippen LogP contribution in [0.2, 0.25) is 0 Å². The molecule has 1 aromatic heterocycles. The summed E-state index contributed by atoms with van der Waals surface area (Å²) < 4.78 is 19.8. The highest BCUT2D eigenvalue weighted by atomic mass is 19.1. The molecule has 1 aliphatic heterocycles. The lowest BCUT2D eigenvalue weighted by molar-refractivity contribution is -0.143. The third kappa shape index (κ3) is 1.37. The zero-order valence-electron chi connectivity index (χ0n) is 7.31. The van der Waals surface area contributed by atoms with Crippen LogP contribution in [0.25, 0.3) is 0 Å². The van der Waals surface area contributed by atoms with Gasteiger partial charge in [0.15, 0.2) is 0 Å². The second-order valence-corrected chi connectivity index (χ2v) is 3.00. The fourth-order valence-corrected chi connectivity index (χ4v) is 1.45. The fourth-order valence-electron chi connectivity index (χ4n) is 1.45. The molecule has 1 atom stereocenters. The van der Waals surface area contributed by atoms with Crippen LogP contribution in [0, 0.1) is 0 Å². The summed E-state index contributed by atoms with van der Waals surface area (Å²) in [7, 11) is 0. The molecule has 14 heavy (non-hydrogen) atoms. The van der Waals surface area contributed by atoms with Gasteiger partial charge in [-0.2, -0.15) is 0 Å². The first-order chi connectivity index (χ1) is 6.70. The number of hydrogen-bond donors (Lipinski definition) is 1. The lowest BCUT2D eigenvalue weighted by Crippen LogP contribution is -2.21. The van der Waals surface area contributed by atoms with Crippen molar-refractivity contribution < 1.29 is 19.0 Å². The molecule has 0 saturated carbocycles. The van der Waals surface area contributed by atoms with Crippen LogP contribution in [0.15, 0.2) is 6.20 Å². The third-order valence-electron chi connectivity index (χ3n) is 2.14. The minimum atomic E-state index is -2.01. The first-order valence-electron chi connectivity index (χ1n) is 4.19. The Bertz CT molecular complexity index is 363. The van der Waals surface area contributed by atoms with Gasteiger partial charge in [-0.05, 0) is 0 Å². The Morgan fingerprint density at radius 1 is 1.79 bits per heavy atom. The molecule has 0 amide bonds. The maximum Gasteiger partial charge on any atom is 0.344 e. The van der Waals surface area contributed by atoms with E-state index >= 15 is 0 Å². The number of halogens is 1. The first-order valence-corrected chi connectivity index (χ1v) is 4.19. The number of rotatable bonds is 2. The van der Waals surface area contributed by atoms with Crippen molar-refractivity contribution in [2.24, 2.45) is 0 Å². The minimum absolute atomic E-state index is 0.0933. The van der Waals surface area contributed by atoms with Crippen LogP contribution in [-0.4, -0.2) is 27.2 Å². The van der Waals surface area contributed by atoms with Gasteiger partial charge in [0, 0.05) is 6.54 Å². The van der Waals surface area contributed by atoms with Crippen LogP contribution in [0.5, 0.6) is 0 Å². The Kier molecular flexibility index (Phi) is 2.20. The maximum atomic E-state index is 13.2. The number of nitrogens with zero attached hydrogens (tertiary/aromatic N) is 2.